The SMILES string of the molecule is CC1C=C(NCOCN2Cc3c(nn4c3C(=O)N(C)OC(CNS(C)(=O)=O)C4)CC2C)C=C(C#N)C1F. The molecule has 0 spiro atoms. The molecule has 4 unspecified atom stereocenters. The maximum Gasteiger partial charge on any atom is 0.295 e. The number of carbonyl (C=O) groups excluding carboxylic acids is 1. The Morgan fingerprint density at radius 2 is 2.14 bits per heavy atom. The molecule has 0 fully saturated rings. The number of nitrogens with one attached hydrogen (secondary N) is 2. The Balaban J connectivity index is 1.40. The second-order valence-electron chi connectivity index (χ2n) is 9.66. The van der Waals surface area contributed by atoms with Crippen LogP contribution in [-0.4, -0.2) is 85.7 Å². The minimum Gasteiger partial charge on any atom is -0.363 e. The Kier molecular flexibility index (Phi) is 8.00. The lowest BCUT2D eigenvalue weighted by Gasteiger charge is -2.33. The number of rotatable bonds is 8. The van der Waals surface area contributed by atoms with E-state index in [1.807, 2.05) is 6.07 Å². The zero-order chi connectivity index (χ0) is 26.9. The van der Waals surface area contributed by atoms with Gasteiger partial charge in [0.2, 0.25) is 10.0 Å². The van der Waals surface area contributed by atoms with Gasteiger partial charge in [-0.05, 0) is 13.0 Å². The van der Waals surface area contributed by atoms with E-state index in [0.717, 1.165) is 22.6 Å². The van der Waals surface area contributed by atoms with Gasteiger partial charge in [-0.25, -0.2) is 22.6 Å². The normalized spacial score (nSPS) is 26.5. The summed E-state index contributed by atoms with van der Waals surface area (Å²) >= 11 is 0. The molecule has 0 bridgehead atoms. The highest BCUT2D eigenvalue weighted by atomic mass is 32.2. The van der Waals surface area contributed by atoms with Gasteiger partial charge in [-0.2, -0.15) is 10.4 Å². The Morgan fingerprint density at radius 3 is 2.84 bits per heavy atom. The molecule has 3 aliphatic rings. The quantitative estimate of drug-likeness (QED) is 0.356. The Hall–Kier alpha value is -2.83. The Labute approximate surface area is 215 Å². The fourth-order valence-corrected chi connectivity index (χ4v) is 5.12. The van der Waals surface area contributed by atoms with E-state index in [1.165, 1.54) is 13.1 Å². The minimum atomic E-state index is -3.41. The predicted molar refractivity (Wildman–Crippen MR) is 131 cm³/mol. The molecule has 1 amide bonds. The number of alkyl halides is 1. The summed E-state index contributed by atoms with van der Waals surface area (Å²) in [5.41, 5.74) is 2.77. The maximum atomic E-state index is 14.0. The number of nitriles is 1. The lowest BCUT2D eigenvalue weighted by molar-refractivity contribution is -0.145. The molecule has 4 atom stereocenters. The molecule has 0 aromatic carbocycles. The standard InChI is InChI=1S/C23H32FN7O5S/c1-14-5-17(7-16(8-25)21(14)24)26-12-35-13-30-11-19-20(6-15(30)2)28-31-10-18(9-27-37(4,33)34)36-29(3)23(32)22(19)31/h5,7,14-15,18,21,26-27H,6,9-13H2,1-4H3. The van der Waals surface area contributed by atoms with Gasteiger partial charge < -0.3 is 10.1 Å². The van der Waals surface area contributed by atoms with E-state index in [2.05, 4.69) is 27.0 Å². The fraction of sp³-hybridized carbons (Fsp3) is 0.609. The van der Waals surface area contributed by atoms with Crippen molar-refractivity contribution in [3.05, 3.63) is 40.4 Å². The van der Waals surface area contributed by atoms with Crippen molar-refractivity contribution in [1.29, 1.82) is 5.26 Å². The average Bonchev–Trinajstić information content (AvgIpc) is 3.11. The monoisotopic (exact) mass is 537 g/mol. The number of carbonyl (C=O) groups is 1. The number of sulfonamides is 1. The molecule has 2 N–H and O–H groups in total. The van der Waals surface area contributed by atoms with Gasteiger partial charge in [-0.3, -0.25) is 19.2 Å². The van der Waals surface area contributed by atoms with Crippen molar-refractivity contribution in [2.45, 2.75) is 51.7 Å². The van der Waals surface area contributed by atoms with E-state index < -0.39 is 28.2 Å². The van der Waals surface area contributed by atoms with E-state index in [9.17, 15) is 17.6 Å². The molecular formula is C23H32FN7O5S. The third-order valence-corrected chi connectivity index (χ3v) is 7.32. The van der Waals surface area contributed by atoms with E-state index in [1.54, 1.807) is 17.7 Å². The molecular weight excluding hydrogens is 505 g/mol. The van der Waals surface area contributed by atoms with Crippen molar-refractivity contribution in [2.24, 2.45) is 5.92 Å². The third kappa shape index (κ3) is 6.19. The van der Waals surface area contributed by atoms with E-state index in [4.69, 9.17) is 14.8 Å². The molecule has 202 valence electrons. The molecule has 1 aromatic heterocycles. The summed E-state index contributed by atoms with van der Waals surface area (Å²) in [7, 11) is -1.91. The topological polar surface area (TPSA) is 142 Å². The molecule has 0 saturated heterocycles. The molecule has 3 heterocycles. The second-order valence-corrected chi connectivity index (χ2v) is 11.5. The number of nitrogens with zero attached hydrogens (tertiary/aromatic N) is 5. The predicted octanol–water partition coefficient (Wildman–Crippen LogP) is 0.408. The highest BCUT2D eigenvalue weighted by Gasteiger charge is 2.36. The lowest BCUT2D eigenvalue weighted by atomic mass is 9.93. The summed E-state index contributed by atoms with van der Waals surface area (Å²) in [5, 5.41) is 18.0. The van der Waals surface area contributed by atoms with Gasteiger partial charge in [0.25, 0.3) is 5.91 Å². The molecule has 14 heteroatoms. The van der Waals surface area contributed by atoms with Crippen LogP contribution in [-0.2, 0) is 39.1 Å². The summed E-state index contributed by atoms with van der Waals surface area (Å²) in [6, 6.07) is 2.00. The van der Waals surface area contributed by atoms with Gasteiger partial charge in [0.15, 0.2) is 0 Å². The van der Waals surface area contributed by atoms with Crippen LogP contribution in [0.25, 0.3) is 0 Å². The van der Waals surface area contributed by atoms with Gasteiger partial charge in [0, 0.05) is 49.8 Å². The van der Waals surface area contributed by atoms with Gasteiger partial charge >= 0.3 is 0 Å². The number of ether oxygens (including phenoxy) is 1. The number of halogens is 1. The zero-order valence-corrected chi connectivity index (χ0v) is 22.1. The highest BCUT2D eigenvalue weighted by molar-refractivity contribution is 7.88. The summed E-state index contributed by atoms with van der Waals surface area (Å²) in [6.45, 7) is 4.89. The van der Waals surface area contributed by atoms with Crippen LogP contribution in [0.4, 0.5) is 4.39 Å². The summed E-state index contributed by atoms with van der Waals surface area (Å²) in [6.07, 6.45) is 3.00. The van der Waals surface area contributed by atoms with Crippen molar-refractivity contribution in [3.8, 4) is 6.07 Å². The van der Waals surface area contributed by atoms with Crippen molar-refractivity contribution in [2.75, 3.05) is 33.3 Å². The first-order valence-electron chi connectivity index (χ1n) is 12.0. The van der Waals surface area contributed by atoms with Crippen molar-refractivity contribution in [1.82, 2.24) is 29.8 Å². The number of fused-ring (bicyclic) bond motifs is 3. The second kappa shape index (κ2) is 10.9. The van der Waals surface area contributed by atoms with Gasteiger partial charge in [0.05, 0.1) is 30.1 Å². The first-order chi connectivity index (χ1) is 17.5. The van der Waals surface area contributed by atoms with Crippen LogP contribution < -0.4 is 10.0 Å². The number of hydrogen-bond donors (Lipinski definition) is 2. The van der Waals surface area contributed by atoms with Crippen LogP contribution in [0.3, 0.4) is 0 Å². The first kappa shape index (κ1) is 27.2. The zero-order valence-electron chi connectivity index (χ0n) is 21.3. The largest absolute Gasteiger partial charge is 0.363 e. The molecule has 2 aliphatic heterocycles. The van der Waals surface area contributed by atoms with Crippen molar-refractivity contribution in [3.63, 3.8) is 0 Å². The molecule has 37 heavy (non-hydrogen) atoms. The van der Waals surface area contributed by atoms with Crippen LogP contribution in [0.2, 0.25) is 0 Å². The number of allylic oxidation sites excluding steroid dienone is 3. The number of hydroxylamine groups is 2. The summed E-state index contributed by atoms with van der Waals surface area (Å²) in [5.74, 6) is -0.751. The minimum absolute atomic E-state index is 0.00995. The molecule has 4 rings (SSSR count). The Morgan fingerprint density at radius 1 is 1.38 bits per heavy atom. The maximum absolute atomic E-state index is 14.0. The van der Waals surface area contributed by atoms with E-state index in [0.29, 0.717) is 24.4 Å². The van der Waals surface area contributed by atoms with Gasteiger partial charge in [-0.1, -0.05) is 13.0 Å². The van der Waals surface area contributed by atoms with Crippen molar-refractivity contribution < 1.29 is 27.2 Å². The molecule has 0 saturated carbocycles. The smallest absolute Gasteiger partial charge is 0.295 e. The average molecular weight is 538 g/mol. The van der Waals surface area contributed by atoms with Crippen molar-refractivity contribution >= 4 is 15.9 Å². The van der Waals surface area contributed by atoms with Gasteiger partial charge in [0.1, 0.15) is 31.4 Å². The molecule has 0 radical (unpaired) electrons. The summed E-state index contributed by atoms with van der Waals surface area (Å²) in [4.78, 5) is 20.9. The fourth-order valence-electron chi connectivity index (χ4n) is 4.63. The van der Waals surface area contributed by atoms with Gasteiger partial charge in [-0.15, -0.1) is 0 Å². The summed E-state index contributed by atoms with van der Waals surface area (Å²) < 4.78 is 46.9. The molecule has 12 nitrogen and oxygen atoms in total. The Bertz CT molecular complexity index is 1250. The number of aromatic nitrogens is 2. The number of hydrogen-bond acceptors (Lipinski definition) is 9. The lowest BCUT2D eigenvalue weighted by Crippen LogP contribution is -2.41. The molecule has 1 aliphatic carbocycles. The van der Waals surface area contributed by atoms with Crippen LogP contribution in [0.5, 0.6) is 0 Å². The van der Waals surface area contributed by atoms with Crippen LogP contribution in [0.15, 0.2) is 23.4 Å². The van der Waals surface area contributed by atoms with Crippen LogP contribution in [0, 0.1) is 17.2 Å². The third-order valence-electron chi connectivity index (χ3n) is 6.63. The number of amides is 1. The van der Waals surface area contributed by atoms with E-state index >= 15 is 0 Å². The van der Waals surface area contributed by atoms with E-state index in [-0.39, 0.29) is 44.1 Å². The van der Waals surface area contributed by atoms with Crippen LogP contribution in [0.1, 0.15) is 35.6 Å². The van der Waals surface area contributed by atoms with Crippen LogP contribution >= 0.6 is 0 Å². The highest BCUT2D eigenvalue weighted by Crippen LogP contribution is 2.29. The molecule has 1 aromatic rings. The first-order valence-corrected chi connectivity index (χ1v) is 13.9.